The lowest BCUT2D eigenvalue weighted by Crippen LogP contribution is -2.35. The third-order valence-corrected chi connectivity index (χ3v) is 6.77. The second-order valence-electron chi connectivity index (χ2n) is 5.58. The summed E-state index contributed by atoms with van der Waals surface area (Å²) in [5.74, 6) is -0.417. The summed E-state index contributed by atoms with van der Waals surface area (Å²) in [6, 6.07) is 15.2. The summed E-state index contributed by atoms with van der Waals surface area (Å²) in [5, 5.41) is 9.24. The number of aliphatic hydroxyl groups excluding tert-OH is 1. The van der Waals surface area contributed by atoms with E-state index >= 15 is 0 Å². The Morgan fingerprint density at radius 3 is 2.23 bits per heavy atom. The minimum absolute atomic E-state index is 0.170. The van der Waals surface area contributed by atoms with Crippen LogP contribution in [0.15, 0.2) is 59.5 Å². The van der Waals surface area contributed by atoms with Crippen molar-refractivity contribution in [2.24, 2.45) is 5.73 Å². The van der Waals surface area contributed by atoms with Gasteiger partial charge in [-0.25, -0.2) is 8.42 Å². The Bertz CT molecular complexity index is 777. The van der Waals surface area contributed by atoms with Gasteiger partial charge in [0.2, 0.25) is 0 Å². The standard InChI is InChI=1S/C16H16ClNO3S/c17-12-6-8-13(9-7-12)22(20,21)15-14(16(15,18)10-19)11-4-2-1-3-5-11/h1-9,14-15,19H,10,18H2/t14-,15+,16+/m0/s1. The molecule has 2 aromatic rings. The molecule has 0 amide bonds. The van der Waals surface area contributed by atoms with Gasteiger partial charge in [-0.2, -0.15) is 0 Å². The second kappa shape index (κ2) is 5.35. The SMILES string of the molecule is N[C@@]1(CO)[C@H](S(=O)(=O)c2ccc(Cl)cc2)[C@@H]1c1ccccc1. The molecule has 2 aromatic carbocycles. The van der Waals surface area contributed by atoms with E-state index in [1.165, 1.54) is 24.3 Å². The maximum absolute atomic E-state index is 12.8. The average Bonchev–Trinajstić information content (AvgIpc) is 3.16. The van der Waals surface area contributed by atoms with Crippen LogP contribution in [0.25, 0.3) is 0 Å². The highest BCUT2D eigenvalue weighted by atomic mass is 35.5. The molecule has 3 rings (SSSR count). The first-order chi connectivity index (χ1) is 10.4. The largest absolute Gasteiger partial charge is 0.394 e. The molecule has 6 heteroatoms. The highest BCUT2D eigenvalue weighted by molar-refractivity contribution is 7.92. The lowest BCUT2D eigenvalue weighted by molar-refractivity contribution is 0.253. The normalized spacial score (nSPS) is 27.6. The van der Waals surface area contributed by atoms with Gasteiger partial charge in [0.1, 0.15) is 0 Å². The molecule has 0 aromatic heterocycles. The Hall–Kier alpha value is -1.40. The Kier molecular flexibility index (Phi) is 3.77. The smallest absolute Gasteiger partial charge is 0.183 e. The summed E-state index contributed by atoms with van der Waals surface area (Å²) < 4.78 is 25.7. The van der Waals surface area contributed by atoms with Gasteiger partial charge < -0.3 is 10.8 Å². The first-order valence-corrected chi connectivity index (χ1v) is 8.78. The maximum atomic E-state index is 12.8. The van der Waals surface area contributed by atoms with Gasteiger partial charge >= 0.3 is 0 Å². The van der Waals surface area contributed by atoms with E-state index in [9.17, 15) is 13.5 Å². The molecule has 0 bridgehead atoms. The number of hydrogen-bond donors (Lipinski definition) is 2. The van der Waals surface area contributed by atoms with Crippen molar-refractivity contribution < 1.29 is 13.5 Å². The number of hydrogen-bond acceptors (Lipinski definition) is 4. The number of halogens is 1. The third kappa shape index (κ3) is 2.34. The molecule has 1 aliphatic carbocycles. The molecule has 4 nitrogen and oxygen atoms in total. The van der Waals surface area contributed by atoms with Gasteiger partial charge in [-0.05, 0) is 29.8 Å². The molecule has 1 saturated carbocycles. The van der Waals surface area contributed by atoms with E-state index in [2.05, 4.69) is 0 Å². The van der Waals surface area contributed by atoms with E-state index in [1.807, 2.05) is 30.3 Å². The first kappa shape index (κ1) is 15.5. The van der Waals surface area contributed by atoms with Crippen molar-refractivity contribution in [3.8, 4) is 0 Å². The molecule has 0 unspecified atom stereocenters. The van der Waals surface area contributed by atoms with E-state index in [-0.39, 0.29) is 11.5 Å². The fourth-order valence-electron chi connectivity index (χ4n) is 3.00. The van der Waals surface area contributed by atoms with Crippen molar-refractivity contribution in [2.45, 2.75) is 21.6 Å². The van der Waals surface area contributed by atoms with Crippen LogP contribution < -0.4 is 5.73 Å². The van der Waals surface area contributed by atoms with Gasteiger partial charge in [-0.15, -0.1) is 0 Å². The lowest BCUT2D eigenvalue weighted by atomic mass is 10.1. The topological polar surface area (TPSA) is 80.4 Å². The number of benzene rings is 2. The van der Waals surface area contributed by atoms with Crippen LogP contribution in [0.5, 0.6) is 0 Å². The zero-order valence-electron chi connectivity index (χ0n) is 11.7. The summed E-state index contributed by atoms with van der Waals surface area (Å²) >= 11 is 5.81. The van der Waals surface area contributed by atoms with Crippen molar-refractivity contribution in [1.29, 1.82) is 0 Å². The fourth-order valence-corrected chi connectivity index (χ4v) is 5.42. The molecule has 0 spiro atoms. The van der Waals surface area contributed by atoms with Gasteiger partial charge in [-0.1, -0.05) is 41.9 Å². The molecule has 0 heterocycles. The molecule has 1 aliphatic rings. The lowest BCUT2D eigenvalue weighted by Gasteiger charge is -2.08. The predicted molar refractivity (Wildman–Crippen MR) is 85.6 cm³/mol. The monoisotopic (exact) mass is 337 g/mol. The van der Waals surface area contributed by atoms with Gasteiger partial charge in [0.25, 0.3) is 0 Å². The molecule has 3 N–H and O–H groups in total. The molecule has 0 aliphatic heterocycles. The summed E-state index contributed by atoms with van der Waals surface area (Å²) in [6.45, 7) is -0.385. The number of rotatable bonds is 4. The van der Waals surface area contributed by atoms with Crippen LogP contribution in [0.1, 0.15) is 11.5 Å². The summed E-state index contributed by atoms with van der Waals surface area (Å²) in [5.41, 5.74) is 5.83. The van der Waals surface area contributed by atoms with Crippen molar-refractivity contribution in [3.63, 3.8) is 0 Å². The molecule has 116 valence electrons. The Morgan fingerprint density at radius 1 is 1.09 bits per heavy atom. The highest BCUT2D eigenvalue weighted by Gasteiger charge is 2.68. The van der Waals surface area contributed by atoms with Gasteiger partial charge in [0.05, 0.1) is 22.3 Å². The van der Waals surface area contributed by atoms with E-state index in [0.717, 1.165) is 5.56 Å². The molecule has 0 radical (unpaired) electrons. The van der Waals surface area contributed by atoms with Gasteiger partial charge in [0, 0.05) is 10.9 Å². The Labute approximate surface area is 134 Å². The van der Waals surface area contributed by atoms with Crippen molar-refractivity contribution in [1.82, 2.24) is 0 Å². The highest BCUT2D eigenvalue weighted by Crippen LogP contribution is 2.55. The van der Waals surface area contributed by atoms with Crippen LogP contribution in [0.4, 0.5) is 0 Å². The maximum Gasteiger partial charge on any atom is 0.183 e. The summed E-state index contributed by atoms with van der Waals surface area (Å²) in [6.07, 6.45) is 0. The molecule has 1 fully saturated rings. The van der Waals surface area contributed by atoms with E-state index < -0.39 is 26.5 Å². The predicted octanol–water partition coefficient (Wildman–Crippen LogP) is 1.97. The minimum Gasteiger partial charge on any atom is -0.394 e. The van der Waals surface area contributed by atoms with Gasteiger partial charge in [0.15, 0.2) is 9.84 Å². The second-order valence-corrected chi connectivity index (χ2v) is 8.08. The van der Waals surface area contributed by atoms with E-state index in [0.29, 0.717) is 5.02 Å². The molecule has 3 atom stereocenters. The van der Waals surface area contributed by atoms with E-state index in [4.69, 9.17) is 17.3 Å². The first-order valence-electron chi connectivity index (χ1n) is 6.85. The van der Waals surface area contributed by atoms with Crippen molar-refractivity contribution in [3.05, 3.63) is 65.2 Å². The summed E-state index contributed by atoms with van der Waals surface area (Å²) in [4.78, 5) is 0.170. The molecular formula is C16H16ClNO3S. The number of sulfone groups is 1. The Balaban J connectivity index is 2.01. The molecule has 22 heavy (non-hydrogen) atoms. The van der Waals surface area contributed by atoms with Crippen molar-refractivity contribution in [2.75, 3.05) is 6.61 Å². The zero-order valence-corrected chi connectivity index (χ0v) is 13.3. The van der Waals surface area contributed by atoms with Crippen LogP contribution in [-0.2, 0) is 9.84 Å². The minimum atomic E-state index is -3.64. The van der Waals surface area contributed by atoms with Crippen LogP contribution in [-0.4, -0.2) is 30.9 Å². The van der Waals surface area contributed by atoms with Crippen LogP contribution in [0, 0.1) is 0 Å². The third-order valence-electron chi connectivity index (χ3n) is 4.21. The van der Waals surface area contributed by atoms with Crippen molar-refractivity contribution >= 4 is 21.4 Å². The summed E-state index contributed by atoms with van der Waals surface area (Å²) in [7, 11) is -3.64. The van der Waals surface area contributed by atoms with Crippen LogP contribution >= 0.6 is 11.6 Å². The molecular weight excluding hydrogens is 322 g/mol. The van der Waals surface area contributed by atoms with Gasteiger partial charge in [-0.3, -0.25) is 0 Å². The quantitative estimate of drug-likeness (QED) is 0.893. The average molecular weight is 338 g/mol. The number of aliphatic hydroxyl groups is 1. The van der Waals surface area contributed by atoms with Crippen LogP contribution in [0.2, 0.25) is 5.02 Å². The van der Waals surface area contributed by atoms with Crippen LogP contribution in [0.3, 0.4) is 0 Å². The van der Waals surface area contributed by atoms with E-state index in [1.54, 1.807) is 0 Å². The fraction of sp³-hybridized carbons (Fsp3) is 0.250. The molecule has 0 saturated heterocycles. The zero-order chi connectivity index (χ0) is 16.0. The Morgan fingerprint density at radius 2 is 1.68 bits per heavy atom. The number of nitrogens with two attached hydrogens (primary N) is 1.